The standard InChI is InChI=1S/C18H21ClN2O3S2/c1-10-15-7-14(19)5-6-16(15)25-18(10)26(23,24)21-8-12-3-4-13(9-21)17(12)20-11(2)22/h5-7,12-13,17H,3-4,8-9H2,1-2H3,(H,20,22)/t12-,13+,17?. The van der Waals surface area contributed by atoms with Gasteiger partial charge >= 0.3 is 0 Å². The normalized spacial score (nSPS) is 26.3. The molecule has 0 spiro atoms. The van der Waals surface area contributed by atoms with Crippen molar-refractivity contribution < 1.29 is 13.2 Å². The molecule has 2 bridgehead atoms. The second-order valence-corrected chi connectivity index (χ2v) is 10.9. The SMILES string of the molecule is CC(=O)NC1[C@@H]2CC[C@H]1CN(S(=O)(=O)c1sc3ccc(Cl)cc3c1C)C2. The molecule has 2 aliphatic rings. The fourth-order valence-electron chi connectivity index (χ4n) is 4.38. The van der Waals surface area contributed by atoms with E-state index in [4.69, 9.17) is 11.6 Å². The van der Waals surface area contributed by atoms with Gasteiger partial charge in [0.15, 0.2) is 0 Å². The lowest BCUT2D eigenvalue weighted by Crippen LogP contribution is -2.53. The van der Waals surface area contributed by atoms with E-state index in [0.717, 1.165) is 28.5 Å². The van der Waals surface area contributed by atoms with Crippen molar-refractivity contribution in [1.82, 2.24) is 9.62 Å². The Morgan fingerprint density at radius 1 is 1.27 bits per heavy atom. The number of thiophene rings is 1. The van der Waals surface area contributed by atoms with Gasteiger partial charge in [0.25, 0.3) is 10.0 Å². The zero-order valence-corrected chi connectivity index (χ0v) is 17.0. The summed E-state index contributed by atoms with van der Waals surface area (Å²) in [4.78, 5) is 11.5. The van der Waals surface area contributed by atoms with E-state index in [0.29, 0.717) is 22.3 Å². The van der Waals surface area contributed by atoms with E-state index in [1.54, 1.807) is 10.4 Å². The van der Waals surface area contributed by atoms with Crippen molar-refractivity contribution in [1.29, 1.82) is 0 Å². The summed E-state index contributed by atoms with van der Waals surface area (Å²) >= 11 is 7.39. The molecule has 2 heterocycles. The first kappa shape index (κ1) is 18.2. The summed E-state index contributed by atoms with van der Waals surface area (Å²) < 4.78 is 29.6. The van der Waals surface area contributed by atoms with Crippen LogP contribution in [0.25, 0.3) is 10.1 Å². The highest BCUT2D eigenvalue weighted by Crippen LogP contribution is 2.42. The van der Waals surface area contributed by atoms with Crippen LogP contribution < -0.4 is 5.32 Å². The van der Waals surface area contributed by atoms with E-state index < -0.39 is 10.0 Å². The Morgan fingerprint density at radius 2 is 1.92 bits per heavy atom. The lowest BCUT2D eigenvalue weighted by atomic mass is 9.93. The summed E-state index contributed by atoms with van der Waals surface area (Å²) in [5.41, 5.74) is 0.767. The van der Waals surface area contributed by atoms with Gasteiger partial charge in [-0.15, -0.1) is 11.3 Å². The van der Waals surface area contributed by atoms with Crippen molar-refractivity contribution in [2.45, 2.75) is 36.9 Å². The third kappa shape index (κ3) is 2.95. The molecule has 2 aromatic rings. The fraction of sp³-hybridized carbons (Fsp3) is 0.500. The van der Waals surface area contributed by atoms with Gasteiger partial charge in [-0.1, -0.05) is 11.6 Å². The molecule has 3 atom stereocenters. The molecular weight excluding hydrogens is 392 g/mol. The van der Waals surface area contributed by atoms with Crippen molar-refractivity contribution >= 4 is 49.0 Å². The van der Waals surface area contributed by atoms with Gasteiger partial charge in [-0.05, 0) is 60.7 Å². The molecular formula is C18H21ClN2O3S2. The minimum Gasteiger partial charge on any atom is -0.353 e. The lowest BCUT2D eigenvalue weighted by Gasteiger charge is -2.37. The summed E-state index contributed by atoms with van der Waals surface area (Å²) in [5.74, 6) is 0.341. The third-order valence-electron chi connectivity index (χ3n) is 5.60. The zero-order valence-electron chi connectivity index (χ0n) is 14.7. The second-order valence-electron chi connectivity index (χ2n) is 7.30. The Balaban J connectivity index is 1.66. The first-order valence-electron chi connectivity index (χ1n) is 8.73. The average molecular weight is 413 g/mol. The minimum atomic E-state index is -3.55. The Labute approximate surface area is 162 Å². The van der Waals surface area contributed by atoms with E-state index >= 15 is 0 Å². The minimum absolute atomic E-state index is 0.0413. The predicted molar refractivity (Wildman–Crippen MR) is 104 cm³/mol. The van der Waals surface area contributed by atoms with Crippen LogP contribution in [-0.2, 0) is 14.8 Å². The summed E-state index contributed by atoms with van der Waals surface area (Å²) in [6.07, 6.45) is 1.92. The van der Waals surface area contributed by atoms with E-state index in [1.807, 2.05) is 19.1 Å². The molecule has 4 rings (SSSR count). The molecule has 1 aliphatic carbocycles. The van der Waals surface area contributed by atoms with Gasteiger partial charge in [-0.25, -0.2) is 8.42 Å². The number of hydrogen-bond acceptors (Lipinski definition) is 4. The topological polar surface area (TPSA) is 66.5 Å². The molecule has 1 aliphatic heterocycles. The van der Waals surface area contributed by atoms with Crippen LogP contribution in [0.1, 0.15) is 25.3 Å². The van der Waals surface area contributed by atoms with E-state index in [1.165, 1.54) is 18.3 Å². The average Bonchev–Trinajstić information content (AvgIpc) is 3.00. The van der Waals surface area contributed by atoms with Crippen molar-refractivity contribution in [2.24, 2.45) is 11.8 Å². The number of carbonyl (C=O) groups is 1. The Morgan fingerprint density at radius 3 is 2.54 bits per heavy atom. The smallest absolute Gasteiger partial charge is 0.252 e. The molecule has 8 heteroatoms. The van der Waals surface area contributed by atoms with E-state index in [-0.39, 0.29) is 23.8 Å². The van der Waals surface area contributed by atoms with Crippen LogP contribution in [0, 0.1) is 18.8 Å². The Bertz CT molecular complexity index is 972. The third-order valence-corrected chi connectivity index (χ3v) is 9.54. The predicted octanol–water partition coefficient (Wildman–Crippen LogP) is 3.40. The number of hydrogen-bond donors (Lipinski definition) is 1. The molecule has 1 unspecified atom stereocenters. The first-order valence-corrected chi connectivity index (χ1v) is 11.4. The molecule has 1 aromatic heterocycles. The molecule has 2 fully saturated rings. The number of halogens is 1. The van der Waals surface area contributed by atoms with Gasteiger partial charge in [0, 0.05) is 35.8 Å². The number of rotatable bonds is 3. The highest BCUT2D eigenvalue weighted by atomic mass is 35.5. The van der Waals surface area contributed by atoms with Gasteiger partial charge in [-0.2, -0.15) is 4.31 Å². The van der Waals surface area contributed by atoms with E-state index in [9.17, 15) is 13.2 Å². The fourth-order valence-corrected chi connectivity index (χ4v) is 7.99. The first-order chi connectivity index (χ1) is 12.3. The van der Waals surface area contributed by atoms with Gasteiger partial charge in [-0.3, -0.25) is 4.79 Å². The highest BCUT2D eigenvalue weighted by Gasteiger charge is 2.46. The Kier molecular flexibility index (Phi) is 4.54. The largest absolute Gasteiger partial charge is 0.353 e. The maximum atomic E-state index is 13.3. The van der Waals surface area contributed by atoms with E-state index in [2.05, 4.69) is 5.32 Å². The molecule has 140 valence electrons. The number of benzene rings is 1. The van der Waals surface area contributed by atoms with Crippen LogP contribution in [0.15, 0.2) is 22.4 Å². The van der Waals surface area contributed by atoms with Crippen LogP contribution in [0.3, 0.4) is 0 Å². The molecule has 1 saturated carbocycles. The van der Waals surface area contributed by atoms with Crippen LogP contribution in [-0.4, -0.2) is 37.8 Å². The van der Waals surface area contributed by atoms with Crippen molar-refractivity contribution in [3.8, 4) is 0 Å². The lowest BCUT2D eigenvalue weighted by molar-refractivity contribution is -0.120. The second kappa shape index (κ2) is 6.48. The van der Waals surface area contributed by atoms with Crippen molar-refractivity contribution in [2.75, 3.05) is 13.1 Å². The molecule has 26 heavy (non-hydrogen) atoms. The van der Waals surface area contributed by atoms with Gasteiger partial charge < -0.3 is 5.32 Å². The molecule has 5 nitrogen and oxygen atoms in total. The summed E-state index contributed by atoms with van der Waals surface area (Å²) in [6.45, 7) is 4.31. The molecule has 1 N–H and O–H groups in total. The summed E-state index contributed by atoms with van der Waals surface area (Å²) in [5, 5.41) is 4.53. The molecule has 1 amide bonds. The number of fused-ring (bicyclic) bond motifs is 3. The number of sulfonamides is 1. The quantitative estimate of drug-likeness (QED) is 0.840. The maximum Gasteiger partial charge on any atom is 0.252 e. The number of amides is 1. The number of aryl methyl sites for hydroxylation is 1. The maximum absolute atomic E-state index is 13.3. The summed E-state index contributed by atoms with van der Waals surface area (Å²) in [6, 6.07) is 5.59. The number of carbonyl (C=O) groups excluding carboxylic acids is 1. The summed E-state index contributed by atoms with van der Waals surface area (Å²) in [7, 11) is -3.55. The molecule has 1 aromatic carbocycles. The van der Waals surface area contributed by atoms with Crippen molar-refractivity contribution in [3.05, 3.63) is 28.8 Å². The van der Waals surface area contributed by atoms with Crippen LogP contribution in [0.5, 0.6) is 0 Å². The number of nitrogens with zero attached hydrogens (tertiary/aromatic N) is 1. The van der Waals surface area contributed by atoms with Crippen molar-refractivity contribution in [3.63, 3.8) is 0 Å². The molecule has 0 radical (unpaired) electrons. The van der Waals surface area contributed by atoms with Crippen LogP contribution in [0.4, 0.5) is 0 Å². The highest BCUT2D eigenvalue weighted by molar-refractivity contribution is 7.91. The number of nitrogens with one attached hydrogen (secondary N) is 1. The van der Waals surface area contributed by atoms with Crippen LogP contribution >= 0.6 is 22.9 Å². The van der Waals surface area contributed by atoms with Gasteiger partial charge in [0.1, 0.15) is 4.21 Å². The Hall–Kier alpha value is -1.15. The molecule has 1 saturated heterocycles. The monoisotopic (exact) mass is 412 g/mol. The van der Waals surface area contributed by atoms with Crippen LogP contribution in [0.2, 0.25) is 5.02 Å². The zero-order chi connectivity index (χ0) is 18.6. The van der Waals surface area contributed by atoms with Gasteiger partial charge in [0.05, 0.1) is 0 Å². The number of piperidine rings is 1. The van der Waals surface area contributed by atoms with Gasteiger partial charge in [0.2, 0.25) is 5.91 Å².